The number of aromatic hydroxyl groups is 1. The van der Waals surface area contributed by atoms with Gasteiger partial charge in [-0.25, -0.2) is 8.42 Å². The van der Waals surface area contributed by atoms with Crippen molar-refractivity contribution in [2.45, 2.75) is 11.0 Å². The number of phenolic OH excluding ortho intramolecular Hbond substituents is 1. The Kier molecular flexibility index (Phi) is 3.37. The fourth-order valence-corrected chi connectivity index (χ4v) is 2.43. The highest BCUT2D eigenvalue weighted by atomic mass is 32.2. The molecule has 1 aromatic carbocycles. The van der Waals surface area contributed by atoms with Crippen LogP contribution in [-0.2, 0) is 14.6 Å². The number of hydrogen-bond acceptors (Lipinski definition) is 5. The summed E-state index contributed by atoms with van der Waals surface area (Å²) in [5.41, 5.74) is 0.615. The van der Waals surface area contributed by atoms with Gasteiger partial charge in [0.05, 0.1) is 17.6 Å². The van der Waals surface area contributed by atoms with Crippen LogP contribution < -0.4 is 5.32 Å². The number of sulfone groups is 1. The zero-order chi connectivity index (χ0) is 12.5. The molecule has 2 rings (SSSR count). The molecule has 0 amide bonds. The number of benzene rings is 1. The Morgan fingerprint density at radius 1 is 1.47 bits per heavy atom. The van der Waals surface area contributed by atoms with Crippen LogP contribution in [-0.4, -0.2) is 39.5 Å². The first kappa shape index (κ1) is 12.3. The number of morpholine rings is 1. The summed E-state index contributed by atoms with van der Waals surface area (Å²) < 4.78 is 28.1. The normalized spacial score (nSPS) is 21.4. The molecule has 0 aromatic heterocycles. The van der Waals surface area contributed by atoms with Crippen molar-refractivity contribution in [2.24, 2.45) is 0 Å². The summed E-state index contributed by atoms with van der Waals surface area (Å²) in [5.74, 6) is -0.0402. The zero-order valence-electron chi connectivity index (χ0n) is 9.51. The number of hydrogen-bond donors (Lipinski definition) is 2. The number of rotatable bonds is 2. The van der Waals surface area contributed by atoms with Crippen LogP contribution in [0.2, 0.25) is 0 Å². The van der Waals surface area contributed by atoms with Crippen molar-refractivity contribution in [2.75, 3.05) is 26.0 Å². The second kappa shape index (κ2) is 4.64. The largest absolute Gasteiger partial charge is 0.508 e. The van der Waals surface area contributed by atoms with Gasteiger partial charge in [0.25, 0.3) is 0 Å². The van der Waals surface area contributed by atoms with Crippen LogP contribution in [0.3, 0.4) is 0 Å². The Balaban J connectivity index is 2.31. The third-order valence-corrected chi connectivity index (χ3v) is 3.81. The van der Waals surface area contributed by atoms with Gasteiger partial charge in [0.15, 0.2) is 9.84 Å². The molecule has 1 atom stereocenters. The van der Waals surface area contributed by atoms with Crippen molar-refractivity contribution in [3.05, 3.63) is 23.8 Å². The topological polar surface area (TPSA) is 75.6 Å². The minimum atomic E-state index is -3.29. The summed E-state index contributed by atoms with van der Waals surface area (Å²) in [7, 11) is -3.29. The van der Waals surface area contributed by atoms with Crippen LogP contribution in [0.4, 0.5) is 0 Å². The van der Waals surface area contributed by atoms with Crippen molar-refractivity contribution in [1.29, 1.82) is 0 Å². The monoisotopic (exact) mass is 257 g/mol. The second-order valence-electron chi connectivity index (χ2n) is 4.06. The van der Waals surface area contributed by atoms with Gasteiger partial charge in [0.2, 0.25) is 0 Å². The van der Waals surface area contributed by atoms with Gasteiger partial charge in [-0.3, -0.25) is 0 Å². The van der Waals surface area contributed by atoms with Crippen molar-refractivity contribution in [1.82, 2.24) is 5.32 Å². The quantitative estimate of drug-likeness (QED) is 0.805. The third kappa shape index (κ3) is 2.77. The SMILES string of the molecule is CS(=O)(=O)c1ccc(C2CNCCO2)c(O)c1. The molecule has 6 heteroatoms. The van der Waals surface area contributed by atoms with Gasteiger partial charge < -0.3 is 15.2 Å². The Morgan fingerprint density at radius 3 is 2.76 bits per heavy atom. The lowest BCUT2D eigenvalue weighted by atomic mass is 10.1. The molecule has 17 heavy (non-hydrogen) atoms. The maximum atomic E-state index is 11.3. The molecule has 1 aromatic rings. The van der Waals surface area contributed by atoms with E-state index in [-0.39, 0.29) is 16.7 Å². The number of nitrogens with one attached hydrogen (secondary N) is 1. The van der Waals surface area contributed by atoms with Crippen molar-refractivity contribution < 1.29 is 18.3 Å². The van der Waals surface area contributed by atoms with E-state index in [9.17, 15) is 13.5 Å². The van der Waals surface area contributed by atoms with Gasteiger partial charge in [-0.05, 0) is 12.1 Å². The van der Waals surface area contributed by atoms with E-state index in [1.54, 1.807) is 6.07 Å². The molecule has 2 N–H and O–H groups in total. The molecule has 0 spiro atoms. The van der Waals surface area contributed by atoms with E-state index in [1.807, 2.05) is 0 Å². The molecule has 0 radical (unpaired) electrons. The molecule has 0 saturated carbocycles. The minimum absolute atomic E-state index is 0.0402. The van der Waals surface area contributed by atoms with Gasteiger partial charge >= 0.3 is 0 Å². The molecule has 5 nitrogen and oxygen atoms in total. The van der Waals surface area contributed by atoms with Crippen LogP contribution in [0, 0.1) is 0 Å². The minimum Gasteiger partial charge on any atom is -0.508 e. The molecule has 1 aliphatic rings. The van der Waals surface area contributed by atoms with Gasteiger partial charge in [0.1, 0.15) is 5.75 Å². The van der Waals surface area contributed by atoms with Gasteiger partial charge in [0, 0.05) is 24.9 Å². The molecular weight excluding hydrogens is 242 g/mol. The van der Waals surface area contributed by atoms with E-state index < -0.39 is 9.84 Å². The molecular formula is C11H15NO4S. The summed E-state index contributed by atoms with van der Waals surface area (Å²) in [4.78, 5) is 0.113. The van der Waals surface area contributed by atoms with Crippen molar-refractivity contribution in [3.63, 3.8) is 0 Å². The first-order chi connectivity index (χ1) is 7.98. The van der Waals surface area contributed by atoms with E-state index in [1.165, 1.54) is 12.1 Å². The van der Waals surface area contributed by atoms with E-state index >= 15 is 0 Å². The standard InChI is InChI=1S/C11H15NO4S/c1-17(14,15)8-2-3-9(10(13)6-8)11-7-12-4-5-16-11/h2-3,6,11-13H,4-5,7H2,1H3. The molecule has 1 saturated heterocycles. The van der Waals surface area contributed by atoms with Crippen LogP contribution >= 0.6 is 0 Å². The molecule has 0 aliphatic carbocycles. The second-order valence-corrected chi connectivity index (χ2v) is 6.07. The Morgan fingerprint density at radius 2 is 2.24 bits per heavy atom. The Hall–Kier alpha value is -1.11. The van der Waals surface area contributed by atoms with Gasteiger partial charge in [-0.15, -0.1) is 0 Å². The highest BCUT2D eigenvalue weighted by molar-refractivity contribution is 7.90. The molecule has 1 aliphatic heterocycles. The highest BCUT2D eigenvalue weighted by Gasteiger charge is 2.20. The van der Waals surface area contributed by atoms with Crippen LogP contribution in [0.5, 0.6) is 5.75 Å². The lowest BCUT2D eigenvalue weighted by molar-refractivity contribution is 0.0263. The Labute approximate surface area is 100 Å². The summed E-state index contributed by atoms with van der Waals surface area (Å²) >= 11 is 0. The molecule has 1 fully saturated rings. The fraction of sp³-hybridized carbons (Fsp3) is 0.455. The van der Waals surface area contributed by atoms with E-state index in [0.29, 0.717) is 18.7 Å². The number of phenols is 1. The smallest absolute Gasteiger partial charge is 0.175 e. The van der Waals surface area contributed by atoms with Crippen molar-refractivity contribution in [3.8, 4) is 5.75 Å². The highest BCUT2D eigenvalue weighted by Crippen LogP contribution is 2.29. The van der Waals surface area contributed by atoms with E-state index in [4.69, 9.17) is 4.74 Å². The maximum Gasteiger partial charge on any atom is 0.175 e. The first-order valence-electron chi connectivity index (χ1n) is 5.34. The van der Waals surface area contributed by atoms with E-state index in [2.05, 4.69) is 5.32 Å². The molecule has 1 unspecified atom stereocenters. The average Bonchev–Trinajstić information content (AvgIpc) is 2.29. The van der Waals surface area contributed by atoms with E-state index in [0.717, 1.165) is 12.8 Å². The predicted molar refractivity (Wildman–Crippen MR) is 62.8 cm³/mol. The fourth-order valence-electron chi connectivity index (χ4n) is 1.79. The van der Waals surface area contributed by atoms with Crippen LogP contribution in [0.25, 0.3) is 0 Å². The van der Waals surface area contributed by atoms with Gasteiger partial charge in [-0.1, -0.05) is 6.07 Å². The maximum absolute atomic E-state index is 11.3. The molecule has 94 valence electrons. The van der Waals surface area contributed by atoms with Gasteiger partial charge in [-0.2, -0.15) is 0 Å². The van der Waals surface area contributed by atoms with Crippen LogP contribution in [0.1, 0.15) is 11.7 Å². The lowest BCUT2D eigenvalue weighted by Crippen LogP contribution is -2.33. The Bertz CT molecular complexity index is 506. The average molecular weight is 257 g/mol. The summed E-state index contributed by atoms with van der Waals surface area (Å²) in [5, 5.41) is 13.0. The first-order valence-corrected chi connectivity index (χ1v) is 7.23. The van der Waals surface area contributed by atoms with Crippen molar-refractivity contribution >= 4 is 9.84 Å². The summed E-state index contributed by atoms with van der Waals surface area (Å²) in [6.07, 6.45) is 0.887. The third-order valence-electron chi connectivity index (χ3n) is 2.70. The summed E-state index contributed by atoms with van der Waals surface area (Å²) in [6, 6.07) is 4.36. The zero-order valence-corrected chi connectivity index (χ0v) is 10.3. The molecule has 1 heterocycles. The lowest BCUT2D eigenvalue weighted by Gasteiger charge is -2.24. The molecule has 0 bridgehead atoms. The predicted octanol–water partition coefficient (Wildman–Crippen LogP) is 0.457. The summed E-state index contributed by atoms with van der Waals surface area (Å²) in [6.45, 7) is 1.99. The van der Waals surface area contributed by atoms with Crippen LogP contribution in [0.15, 0.2) is 23.1 Å². The number of ether oxygens (including phenoxy) is 1.